The monoisotopic (exact) mass is 245 g/mol. The van der Waals surface area contributed by atoms with E-state index in [9.17, 15) is 0 Å². The normalized spacial score (nSPS) is 11.4. The molecule has 0 radical (unpaired) electrons. The van der Waals surface area contributed by atoms with Crippen LogP contribution in [0.4, 0.5) is 11.4 Å². The molecular formula is C14H15NOS. The summed E-state index contributed by atoms with van der Waals surface area (Å²) in [4.78, 5) is 2.59. The summed E-state index contributed by atoms with van der Waals surface area (Å²) in [5.41, 5.74) is 2.41. The van der Waals surface area contributed by atoms with E-state index in [1.807, 2.05) is 11.8 Å². The van der Waals surface area contributed by atoms with Gasteiger partial charge in [0, 0.05) is 24.0 Å². The maximum Gasteiger partial charge on any atom is 0.0526 e. The number of rotatable bonds is 0. The molecular weight excluding hydrogens is 230 g/mol. The lowest BCUT2D eigenvalue weighted by Gasteiger charge is -2.19. The number of hydrogen-bond acceptors (Lipinski definition) is 3. The summed E-state index contributed by atoms with van der Waals surface area (Å²) in [5.74, 6) is 0. The highest BCUT2D eigenvalue weighted by molar-refractivity contribution is 7.99. The third kappa shape index (κ3) is 2.81. The molecule has 88 valence electrons. The number of para-hydroxylation sites is 2. The van der Waals surface area contributed by atoms with Gasteiger partial charge in [0.15, 0.2) is 0 Å². The Kier molecular flexibility index (Phi) is 4.07. The molecule has 0 saturated carbocycles. The van der Waals surface area contributed by atoms with Crippen LogP contribution in [0.15, 0.2) is 58.3 Å². The number of hydrogen-bond donors (Lipinski definition) is 1. The van der Waals surface area contributed by atoms with Gasteiger partial charge in [0.2, 0.25) is 0 Å². The smallest absolute Gasteiger partial charge is 0.0526 e. The summed E-state index contributed by atoms with van der Waals surface area (Å²) < 4.78 is 4.25. The minimum absolute atomic E-state index is 1.20. The molecule has 0 unspecified atom stereocenters. The van der Waals surface area contributed by atoms with Crippen LogP contribution in [0.2, 0.25) is 0 Å². The van der Waals surface area contributed by atoms with E-state index in [1.165, 1.54) is 21.2 Å². The fraction of sp³-hybridized carbons (Fsp3) is 0.143. The second-order valence-electron chi connectivity index (χ2n) is 3.63. The minimum Gasteiger partial charge on any atom is -0.388 e. The molecule has 0 fully saturated rings. The van der Waals surface area contributed by atoms with Gasteiger partial charge in [-0.15, -0.1) is 0 Å². The fourth-order valence-corrected chi connectivity index (χ4v) is 2.57. The first-order valence-corrected chi connectivity index (χ1v) is 6.20. The third-order valence-electron chi connectivity index (χ3n) is 2.26. The highest BCUT2D eigenvalue weighted by atomic mass is 32.2. The number of ether oxygens (including phenoxy) is 1. The van der Waals surface area contributed by atoms with Crippen molar-refractivity contribution in [2.45, 2.75) is 9.79 Å². The number of fused-ring (bicyclic) bond motifs is 2. The van der Waals surface area contributed by atoms with Crippen molar-refractivity contribution in [2.24, 2.45) is 0 Å². The van der Waals surface area contributed by atoms with Crippen LogP contribution < -0.4 is 5.32 Å². The quantitative estimate of drug-likeness (QED) is 0.642. The van der Waals surface area contributed by atoms with Gasteiger partial charge < -0.3 is 10.1 Å². The van der Waals surface area contributed by atoms with Gasteiger partial charge in [-0.05, 0) is 24.3 Å². The molecule has 1 aliphatic rings. The topological polar surface area (TPSA) is 21.3 Å². The van der Waals surface area contributed by atoms with Crippen LogP contribution in [-0.4, -0.2) is 14.2 Å². The standard InChI is InChI=1S/C12H9NS.C2H6O/c1-3-7-11-9(5-1)13-10-6-2-4-8-12(10)14-11;1-3-2/h1-8,13H;1-2H3. The Bertz CT molecular complexity index is 412. The van der Waals surface area contributed by atoms with Crippen LogP contribution in [0.5, 0.6) is 0 Å². The SMILES string of the molecule is COC.c1ccc2c(c1)Nc1ccccc1S2. The summed E-state index contributed by atoms with van der Waals surface area (Å²) in [5, 5.41) is 3.42. The summed E-state index contributed by atoms with van der Waals surface area (Å²) >= 11 is 1.82. The summed E-state index contributed by atoms with van der Waals surface area (Å²) in [6.45, 7) is 0. The van der Waals surface area contributed by atoms with Gasteiger partial charge in [0.1, 0.15) is 0 Å². The van der Waals surface area contributed by atoms with Gasteiger partial charge in [-0.2, -0.15) is 0 Å². The van der Waals surface area contributed by atoms with Crippen molar-refractivity contribution in [2.75, 3.05) is 19.5 Å². The molecule has 2 nitrogen and oxygen atoms in total. The largest absolute Gasteiger partial charge is 0.388 e. The van der Waals surface area contributed by atoms with Crippen LogP contribution in [-0.2, 0) is 4.74 Å². The van der Waals surface area contributed by atoms with Crippen molar-refractivity contribution in [1.29, 1.82) is 0 Å². The predicted molar refractivity (Wildman–Crippen MR) is 73.2 cm³/mol. The van der Waals surface area contributed by atoms with Crippen molar-refractivity contribution in [1.82, 2.24) is 0 Å². The van der Waals surface area contributed by atoms with Crippen molar-refractivity contribution < 1.29 is 4.74 Å². The average molecular weight is 245 g/mol. The molecule has 3 rings (SSSR count). The Morgan fingerprint density at radius 3 is 1.71 bits per heavy atom. The zero-order chi connectivity index (χ0) is 12.1. The maximum absolute atomic E-state index is 4.25. The highest BCUT2D eigenvalue weighted by Crippen LogP contribution is 2.43. The fourth-order valence-electron chi connectivity index (χ4n) is 1.58. The zero-order valence-electron chi connectivity index (χ0n) is 9.94. The Hall–Kier alpha value is -1.45. The molecule has 1 aliphatic heterocycles. The van der Waals surface area contributed by atoms with Crippen LogP contribution in [0.25, 0.3) is 0 Å². The van der Waals surface area contributed by atoms with E-state index < -0.39 is 0 Å². The first kappa shape index (κ1) is 12.0. The lowest BCUT2D eigenvalue weighted by Crippen LogP contribution is -1.98. The van der Waals surface area contributed by atoms with Gasteiger partial charge in [-0.25, -0.2) is 0 Å². The molecule has 2 aromatic rings. The summed E-state index contributed by atoms with van der Waals surface area (Å²) in [7, 11) is 3.25. The van der Waals surface area contributed by atoms with Gasteiger partial charge in [-0.3, -0.25) is 0 Å². The molecule has 1 heterocycles. The van der Waals surface area contributed by atoms with Crippen LogP contribution in [0.3, 0.4) is 0 Å². The van der Waals surface area contributed by atoms with E-state index >= 15 is 0 Å². The summed E-state index contributed by atoms with van der Waals surface area (Å²) in [6.07, 6.45) is 0. The Morgan fingerprint density at radius 1 is 0.824 bits per heavy atom. The van der Waals surface area contributed by atoms with Crippen molar-refractivity contribution in [3.8, 4) is 0 Å². The van der Waals surface area contributed by atoms with Crippen LogP contribution in [0, 0.1) is 0 Å². The first-order chi connectivity index (χ1) is 8.35. The maximum atomic E-state index is 4.25. The first-order valence-electron chi connectivity index (χ1n) is 5.38. The van der Waals surface area contributed by atoms with Crippen molar-refractivity contribution >= 4 is 23.1 Å². The number of benzene rings is 2. The molecule has 0 aromatic heterocycles. The third-order valence-corrected chi connectivity index (χ3v) is 3.42. The van der Waals surface area contributed by atoms with E-state index in [0.717, 1.165) is 0 Å². The Labute approximate surface area is 106 Å². The summed E-state index contributed by atoms with van der Waals surface area (Å²) in [6, 6.07) is 16.8. The minimum atomic E-state index is 1.20. The van der Waals surface area contributed by atoms with E-state index in [0.29, 0.717) is 0 Å². The molecule has 0 aliphatic carbocycles. The Balaban J connectivity index is 0.000000329. The second-order valence-corrected chi connectivity index (χ2v) is 4.71. The zero-order valence-corrected chi connectivity index (χ0v) is 10.8. The lowest BCUT2D eigenvalue weighted by molar-refractivity contribution is 0.277. The average Bonchev–Trinajstić information content (AvgIpc) is 2.37. The van der Waals surface area contributed by atoms with E-state index in [1.54, 1.807) is 14.2 Å². The molecule has 0 saturated heterocycles. The molecule has 0 atom stereocenters. The molecule has 0 spiro atoms. The molecule has 0 bridgehead atoms. The van der Waals surface area contributed by atoms with E-state index in [-0.39, 0.29) is 0 Å². The van der Waals surface area contributed by atoms with Gasteiger partial charge in [0.25, 0.3) is 0 Å². The highest BCUT2D eigenvalue weighted by Gasteiger charge is 2.13. The van der Waals surface area contributed by atoms with Crippen LogP contribution >= 0.6 is 11.8 Å². The second kappa shape index (κ2) is 5.75. The number of nitrogens with one attached hydrogen (secondary N) is 1. The van der Waals surface area contributed by atoms with Gasteiger partial charge in [-0.1, -0.05) is 36.0 Å². The number of methoxy groups -OCH3 is 1. The van der Waals surface area contributed by atoms with E-state index in [2.05, 4.69) is 58.6 Å². The molecule has 17 heavy (non-hydrogen) atoms. The molecule has 0 amide bonds. The van der Waals surface area contributed by atoms with E-state index in [4.69, 9.17) is 0 Å². The number of anilines is 2. The van der Waals surface area contributed by atoms with Gasteiger partial charge >= 0.3 is 0 Å². The van der Waals surface area contributed by atoms with Crippen molar-refractivity contribution in [3.63, 3.8) is 0 Å². The van der Waals surface area contributed by atoms with Crippen molar-refractivity contribution in [3.05, 3.63) is 48.5 Å². The van der Waals surface area contributed by atoms with Gasteiger partial charge in [0.05, 0.1) is 11.4 Å². The predicted octanol–water partition coefficient (Wildman–Crippen LogP) is 4.16. The molecule has 3 heteroatoms. The Morgan fingerprint density at radius 2 is 1.24 bits per heavy atom. The molecule has 2 aromatic carbocycles. The van der Waals surface area contributed by atoms with Crippen LogP contribution in [0.1, 0.15) is 0 Å². The lowest BCUT2D eigenvalue weighted by atomic mass is 10.2. The molecule has 1 N–H and O–H groups in total.